The number of hydrogen-bond acceptors (Lipinski definition) is 3. The molecule has 1 aromatic carbocycles. The third-order valence-electron chi connectivity index (χ3n) is 2.53. The molecule has 0 bridgehead atoms. The Balaban J connectivity index is 1.83. The third kappa shape index (κ3) is 3.84. The van der Waals surface area contributed by atoms with E-state index in [2.05, 4.69) is 0 Å². The van der Waals surface area contributed by atoms with Gasteiger partial charge in [0.05, 0.1) is 26.4 Å². The molecule has 0 amide bonds. The van der Waals surface area contributed by atoms with E-state index in [9.17, 15) is 0 Å². The molecule has 2 rings (SSSR count). The second kappa shape index (κ2) is 5.67. The monoisotopic (exact) mass is 233 g/mol. The SMILES string of the molecule is [2H]C[C@@]1(COCc2ccccc2)COC[C@H]([B])O1. The Morgan fingerprint density at radius 1 is 1.53 bits per heavy atom. The van der Waals surface area contributed by atoms with Gasteiger partial charge in [0.25, 0.3) is 0 Å². The Morgan fingerprint density at radius 2 is 2.35 bits per heavy atom. The van der Waals surface area contributed by atoms with Crippen molar-refractivity contribution in [3.63, 3.8) is 0 Å². The molecule has 0 saturated carbocycles. The summed E-state index contributed by atoms with van der Waals surface area (Å²) in [4.78, 5) is 0. The lowest BCUT2D eigenvalue weighted by atomic mass is 9.97. The van der Waals surface area contributed by atoms with Crippen LogP contribution >= 0.6 is 0 Å². The Labute approximate surface area is 105 Å². The van der Waals surface area contributed by atoms with Gasteiger partial charge in [-0.25, -0.2) is 0 Å². The van der Waals surface area contributed by atoms with Crippen molar-refractivity contribution in [1.29, 1.82) is 0 Å². The fourth-order valence-electron chi connectivity index (χ4n) is 1.76. The maximum atomic E-state index is 7.58. The summed E-state index contributed by atoms with van der Waals surface area (Å²) in [6.07, 6.45) is 0. The fraction of sp³-hybridized carbons (Fsp3) is 0.538. The quantitative estimate of drug-likeness (QED) is 0.737. The summed E-state index contributed by atoms with van der Waals surface area (Å²) in [5.74, 6) is 0. The van der Waals surface area contributed by atoms with Crippen molar-refractivity contribution >= 4 is 7.85 Å². The Morgan fingerprint density at radius 3 is 3.06 bits per heavy atom. The highest BCUT2D eigenvalue weighted by Gasteiger charge is 2.32. The standard InChI is InChI=1S/C13H17BO3/c1-13(10-16-8-12(14)17-13)9-15-7-11-5-3-2-4-6-11/h2-6,12H,7-10H2,1H3/t12-,13-/m1/s1/i1D. The first-order chi connectivity index (χ1) is 8.74. The average Bonchev–Trinajstić information content (AvgIpc) is 2.40. The second-order valence-electron chi connectivity index (χ2n) is 4.33. The number of rotatable bonds is 4. The fourth-order valence-corrected chi connectivity index (χ4v) is 1.76. The minimum Gasteiger partial charge on any atom is -0.377 e. The number of ether oxygens (including phenoxy) is 3. The molecule has 2 atom stereocenters. The van der Waals surface area contributed by atoms with Gasteiger partial charge in [0.2, 0.25) is 0 Å². The maximum Gasteiger partial charge on any atom is 0.112 e. The first kappa shape index (κ1) is 11.3. The van der Waals surface area contributed by atoms with E-state index in [0.717, 1.165) is 5.56 Å². The molecule has 3 nitrogen and oxygen atoms in total. The van der Waals surface area contributed by atoms with Gasteiger partial charge in [0.15, 0.2) is 0 Å². The highest BCUT2D eigenvalue weighted by molar-refractivity contribution is 6.11. The van der Waals surface area contributed by atoms with E-state index in [-0.39, 0.29) is 6.90 Å². The van der Waals surface area contributed by atoms with Crippen molar-refractivity contribution in [2.75, 3.05) is 19.8 Å². The molecule has 1 heterocycles. The summed E-state index contributed by atoms with van der Waals surface area (Å²) < 4.78 is 24.1. The Kier molecular flexibility index (Phi) is 3.76. The molecule has 90 valence electrons. The zero-order valence-electron chi connectivity index (χ0n) is 10.8. The largest absolute Gasteiger partial charge is 0.377 e. The van der Waals surface area contributed by atoms with E-state index in [1.165, 1.54) is 0 Å². The molecule has 0 unspecified atom stereocenters. The topological polar surface area (TPSA) is 27.7 Å². The molecule has 0 aromatic heterocycles. The van der Waals surface area contributed by atoms with Gasteiger partial charge in [-0.1, -0.05) is 30.3 Å². The van der Waals surface area contributed by atoms with Gasteiger partial charge in [-0.2, -0.15) is 0 Å². The molecule has 17 heavy (non-hydrogen) atoms. The predicted octanol–water partition coefficient (Wildman–Crippen LogP) is 1.50. The molecular formula is C13H17BO3. The van der Waals surface area contributed by atoms with Crippen molar-refractivity contribution in [2.24, 2.45) is 0 Å². The van der Waals surface area contributed by atoms with E-state index < -0.39 is 11.6 Å². The minimum absolute atomic E-state index is 0.0789. The van der Waals surface area contributed by atoms with Gasteiger partial charge in [-0.05, 0) is 12.5 Å². The zero-order valence-corrected chi connectivity index (χ0v) is 9.80. The van der Waals surface area contributed by atoms with Gasteiger partial charge in [-0.15, -0.1) is 0 Å². The van der Waals surface area contributed by atoms with Gasteiger partial charge >= 0.3 is 0 Å². The van der Waals surface area contributed by atoms with Crippen LogP contribution in [0.1, 0.15) is 13.8 Å². The maximum absolute atomic E-state index is 7.58. The summed E-state index contributed by atoms with van der Waals surface area (Å²) in [7, 11) is 5.68. The van der Waals surface area contributed by atoms with Crippen LogP contribution in [-0.4, -0.2) is 39.3 Å². The Hall–Kier alpha value is -0.835. The van der Waals surface area contributed by atoms with Crippen molar-refractivity contribution < 1.29 is 15.6 Å². The molecule has 0 N–H and O–H groups in total. The summed E-state index contributed by atoms with van der Waals surface area (Å²) in [6.45, 7) is 1.63. The van der Waals surface area contributed by atoms with Crippen LogP contribution in [0.2, 0.25) is 0 Å². The molecule has 0 spiro atoms. The smallest absolute Gasteiger partial charge is 0.112 e. The second-order valence-corrected chi connectivity index (χ2v) is 4.33. The normalized spacial score (nSPS) is 29.9. The van der Waals surface area contributed by atoms with Crippen LogP contribution in [0.5, 0.6) is 0 Å². The predicted molar refractivity (Wildman–Crippen MR) is 65.9 cm³/mol. The molecule has 4 heteroatoms. The summed E-state index contributed by atoms with van der Waals surface area (Å²) in [5, 5.41) is 0. The molecule has 1 aliphatic rings. The first-order valence-electron chi connectivity index (χ1n) is 6.37. The number of benzene rings is 1. The van der Waals surface area contributed by atoms with Gasteiger partial charge in [0, 0.05) is 7.37 Å². The van der Waals surface area contributed by atoms with E-state index in [4.69, 9.17) is 23.4 Å². The minimum atomic E-state index is -0.730. The van der Waals surface area contributed by atoms with E-state index in [1.807, 2.05) is 30.3 Å². The Bertz CT molecular complexity index is 363. The molecule has 0 aliphatic carbocycles. The molecular weight excluding hydrogens is 215 g/mol. The molecule has 2 radical (unpaired) electrons. The molecule has 1 aromatic rings. The van der Waals surface area contributed by atoms with Gasteiger partial charge < -0.3 is 14.2 Å². The van der Waals surface area contributed by atoms with Crippen LogP contribution in [0, 0.1) is 0 Å². The van der Waals surface area contributed by atoms with Gasteiger partial charge in [0.1, 0.15) is 13.4 Å². The summed E-state index contributed by atoms with van der Waals surface area (Å²) in [6, 6.07) is 9.43. The van der Waals surface area contributed by atoms with Crippen molar-refractivity contribution in [3.8, 4) is 0 Å². The van der Waals surface area contributed by atoms with Crippen molar-refractivity contribution in [2.45, 2.75) is 25.1 Å². The highest BCUT2D eigenvalue weighted by atomic mass is 16.6. The molecule has 1 saturated heterocycles. The lowest BCUT2D eigenvalue weighted by Gasteiger charge is -2.37. The third-order valence-corrected chi connectivity index (χ3v) is 2.53. The van der Waals surface area contributed by atoms with Gasteiger partial charge in [-0.3, -0.25) is 0 Å². The molecule has 1 fully saturated rings. The number of hydrogen-bond donors (Lipinski definition) is 0. The van der Waals surface area contributed by atoms with Crippen molar-refractivity contribution in [1.82, 2.24) is 0 Å². The van der Waals surface area contributed by atoms with Crippen LogP contribution < -0.4 is 0 Å². The first-order valence-corrected chi connectivity index (χ1v) is 5.66. The van der Waals surface area contributed by atoms with Crippen LogP contribution in [0.3, 0.4) is 0 Å². The summed E-state index contributed by atoms with van der Waals surface area (Å²) in [5.41, 5.74) is 0.366. The summed E-state index contributed by atoms with van der Waals surface area (Å²) >= 11 is 0. The van der Waals surface area contributed by atoms with Crippen LogP contribution in [0.15, 0.2) is 30.3 Å². The lowest BCUT2D eigenvalue weighted by molar-refractivity contribution is -0.189. The molecule has 1 aliphatic heterocycles. The highest BCUT2D eigenvalue weighted by Crippen LogP contribution is 2.19. The average molecular weight is 233 g/mol. The van der Waals surface area contributed by atoms with E-state index in [0.29, 0.717) is 26.4 Å². The van der Waals surface area contributed by atoms with Crippen LogP contribution in [-0.2, 0) is 20.8 Å². The van der Waals surface area contributed by atoms with Crippen LogP contribution in [0.25, 0.3) is 0 Å². The zero-order chi connectivity index (χ0) is 12.8. The van der Waals surface area contributed by atoms with E-state index >= 15 is 0 Å². The van der Waals surface area contributed by atoms with Crippen LogP contribution in [0.4, 0.5) is 0 Å². The van der Waals surface area contributed by atoms with E-state index in [1.54, 1.807) is 0 Å². The van der Waals surface area contributed by atoms with Crippen molar-refractivity contribution in [3.05, 3.63) is 35.9 Å². The lowest BCUT2D eigenvalue weighted by Crippen LogP contribution is -2.48.